The van der Waals surface area contributed by atoms with Crippen LogP contribution < -0.4 is 10.9 Å². The van der Waals surface area contributed by atoms with Gasteiger partial charge in [0.1, 0.15) is 5.82 Å². The van der Waals surface area contributed by atoms with Crippen molar-refractivity contribution in [2.45, 2.75) is 32.6 Å². The zero-order valence-electron chi connectivity index (χ0n) is 15.5. The van der Waals surface area contributed by atoms with Gasteiger partial charge in [0.2, 0.25) is 11.8 Å². The van der Waals surface area contributed by atoms with Crippen LogP contribution in [0.25, 0.3) is 11.0 Å². The highest BCUT2D eigenvalue weighted by atomic mass is 16.2. The molecule has 3 rings (SSSR count). The zero-order chi connectivity index (χ0) is 19.2. The van der Waals surface area contributed by atoms with Crippen molar-refractivity contribution in [1.29, 1.82) is 0 Å². The molecule has 27 heavy (non-hydrogen) atoms. The number of rotatable bonds is 6. The molecule has 2 aromatic carbocycles. The summed E-state index contributed by atoms with van der Waals surface area (Å²) in [6.45, 7) is 4.08. The van der Waals surface area contributed by atoms with Crippen molar-refractivity contribution in [2.24, 2.45) is 5.92 Å². The molecule has 0 fully saturated rings. The summed E-state index contributed by atoms with van der Waals surface area (Å²) in [5.74, 6) is -0.140. The van der Waals surface area contributed by atoms with Gasteiger partial charge in [0, 0.05) is 0 Å². The second-order valence-corrected chi connectivity index (χ2v) is 6.69. The van der Waals surface area contributed by atoms with Crippen LogP contribution in [0.4, 0.5) is 0 Å². The molecule has 0 bridgehead atoms. The summed E-state index contributed by atoms with van der Waals surface area (Å²) in [5, 5.41) is 0. The van der Waals surface area contributed by atoms with Crippen LogP contribution in [0, 0.1) is 5.92 Å². The molecule has 6 nitrogen and oxygen atoms in total. The van der Waals surface area contributed by atoms with E-state index in [1.165, 1.54) is 0 Å². The lowest BCUT2D eigenvalue weighted by atomic mass is 9.85. The minimum Gasteiger partial charge on any atom is -0.342 e. The van der Waals surface area contributed by atoms with Crippen LogP contribution in [0.15, 0.2) is 54.6 Å². The summed E-state index contributed by atoms with van der Waals surface area (Å²) in [6, 6.07) is 17.2. The Labute approximate surface area is 158 Å². The number of nitrogens with one attached hydrogen (secondary N) is 3. The number of carbonyl (C=O) groups is 2. The highest BCUT2D eigenvalue weighted by molar-refractivity contribution is 5.87. The highest BCUT2D eigenvalue weighted by Gasteiger charge is 2.26. The summed E-state index contributed by atoms with van der Waals surface area (Å²) in [7, 11) is 0. The van der Waals surface area contributed by atoms with Crippen molar-refractivity contribution in [3.63, 3.8) is 0 Å². The predicted octanol–water partition coefficient (Wildman–Crippen LogP) is 3.08. The molecule has 0 saturated heterocycles. The number of fused-ring (bicyclic) bond motifs is 1. The van der Waals surface area contributed by atoms with E-state index in [1.54, 1.807) is 0 Å². The first-order valence-corrected chi connectivity index (χ1v) is 9.15. The molecule has 0 radical (unpaired) electrons. The maximum atomic E-state index is 12.7. The van der Waals surface area contributed by atoms with Gasteiger partial charge in [-0.1, -0.05) is 62.7 Å². The second kappa shape index (κ2) is 8.49. The first kappa shape index (κ1) is 18.6. The minimum absolute atomic E-state index is 0.0638. The van der Waals surface area contributed by atoms with Crippen molar-refractivity contribution < 1.29 is 9.59 Å². The fourth-order valence-electron chi connectivity index (χ4n) is 3.13. The molecule has 3 aromatic rings. The molecule has 2 amide bonds. The quantitative estimate of drug-likeness (QED) is 0.588. The van der Waals surface area contributed by atoms with E-state index in [9.17, 15) is 9.59 Å². The Morgan fingerprint density at radius 1 is 1.04 bits per heavy atom. The third-order valence-electron chi connectivity index (χ3n) is 4.75. The number of carbonyl (C=O) groups excluding carboxylic acids is 2. The van der Waals surface area contributed by atoms with Gasteiger partial charge in [0.05, 0.1) is 23.4 Å². The molecule has 2 atom stereocenters. The second-order valence-electron chi connectivity index (χ2n) is 6.69. The Morgan fingerprint density at radius 2 is 1.74 bits per heavy atom. The van der Waals surface area contributed by atoms with Gasteiger partial charge in [-0.25, -0.2) is 4.98 Å². The molecule has 0 spiro atoms. The van der Waals surface area contributed by atoms with Crippen molar-refractivity contribution in [3.8, 4) is 0 Å². The topological polar surface area (TPSA) is 86.9 Å². The van der Waals surface area contributed by atoms with Crippen LogP contribution in [-0.4, -0.2) is 21.8 Å². The van der Waals surface area contributed by atoms with Gasteiger partial charge in [-0.3, -0.25) is 20.4 Å². The van der Waals surface area contributed by atoms with Crippen LogP contribution in [-0.2, 0) is 16.0 Å². The fraction of sp³-hybridized carbons (Fsp3) is 0.286. The monoisotopic (exact) mass is 364 g/mol. The molecule has 0 unspecified atom stereocenters. The summed E-state index contributed by atoms with van der Waals surface area (Å²) >= 11 is 0. The average molecular weight is 364 g/mol. The van der Waals surface area contributed by atoms with E-state index >= 15 is 0 Å². The number of hydrogen-bond acceptors (Lipinski definition) is 3. The molecule has 6 heteroatoms. The Balaban J connectivity index is 1.61. The number of nitrogens with zero attached hydrogens (tertiary/aromatic N) is 1. The van der Waals surface area contributed by atoms with Crippen molar-refractivity contribution >= 4 is 22.8 Å². The van der Waals surface area contributed by atoms with Crippen LogP contribution >= 0.6 is 0 Å². The molecular formula is C21H24N4O2. The van der Waals surface area contributed by atoms with E-state index in [1.807, 2.05) is 68.4 Å². The number of para-hydroxylation sites is 2. The molecule has 0 saturated carbocycles. The minimum atomic E-state index is -0.321. The molecule has 0 aliphatic carbocycles. The number of aromatic nitrogens is 2. The molecule has 3 N–H and O–H groups in total. The van der Waals surface area contributed by atoms with Gasteiger partial charge in [0.15, 0.2) is 0 Å². The third-order valence-corrected chi connectivity index (χ3v) is 4.75. The lowest BCUT2D eigenvalue weighted by molar-refractivity contribution is -0.130. The number of amides is 2. The van der Waals surface area contributed by atoms with Crippen LogP contribution in [0.5, 0.6) is 0 Å². The van der Waals surface area contributed by atoms with Gasteiger partial charge in [-0.15, -0.1) is 0 Å². The van der Waals surface area contributed by atoms with Gasteiger partial charge >= 0.3 is 0 Å². The highest BCUT2D eigenvalue weighted by Crippen LogP contribution is 2.26. The number of hydrogen-bond donors (Lipinski definition) is 3. The van der Waals surface area contributed by atoms with E-state index in [2.05, 4.69) is 20.8 Å². The lowest BCUT2D eigenvalue weighted by Crippen LogP contribution is -2.45. The Kier molecular flexibility index (Phi) is 5.86. The molecule has 1 heterocycles. The molecule has 1 aromatic heterocycles. The third kappa shape index (κ3) is 4.53. The first-order chi connectivity index (χ1) is 13.1. The largest absolute Gasteiger partial charge is 0.342 e. The van der Waals surface area contributed by atoms with Crippen molar-refractivity contribution in [2.75, 3.05) is 0 Å². The van der Waals surface area contributed by atoms with Crippen LogP contribution in [0.3, 0.4) is 0 Å². The summed E-state index contributed by atoms with van der Waals surface area (Å²) < 4.78 is 0. The standard InChI is InChI=1S/C21H24N4O2/c1-3-14(2)20(15-9-5-4-6-10-15)21(27)25-24-19(26)13-18-22-16-11-7-8-12-17(16)23-18/h4-12,14,20H,3,13H2,1-2H3,(H,22,23)(H,24,26)(H,25,27)/t14-,20+/m1/s1. The van der Waals surface area contributed by atoms with Gasteiger partial charge in [-0.2, -0.15) is 0 Å². The Bertz CT molecular complexity index is 887. The van der Waals surface area contributed by atoms with Crippen LogP contribution in [0.1, 0.15) is 37.6 Å². The van der Waals surface area contributed by atoms with E-state index in [0.717, 1.165) is 23.0 Å². The lowest BCUT2D eigenvalue weighted by Gasteiger charge is -2.22. The van der Waals surface area contributed by atoms with E-state index in [4.69, 9.17) is 0 Å². The maximum absolute atomic E-state index is 12.7. The number of benzene rings is 2. The van der Waals surface area contributed by atoms with E-state index in [0.29, 0.717) is 5.82 Å². The fourth-order valence-corrected chi connectivity index (χ4v) is 3.13. The molecule has 0 aliphatic rings. The average Bonchev–Trinajstić information content (AvgIpc) is 3.09. The molecular weight excluding hydrogens is 340 g/mol. The number of aromatic amines is 1. The maximum Gasteiger partial charge on any atom is 0.246 e. The van der Waals surface area contributed by atoms with Crippen LogP contribution in [0.2, 0.25) is 0 Å². The van der Waals surface area contributed by atoms with Crippen molar-refractivity contribution in [1.82, 2.24) is 20.8 Å². The molecule has 0 aliphatic heterocycles. The van der Waals surface area contributed by atoms with Gasteiger partial charge < -0.3 is 4.98 Å². The number of hydrazine groups is 1. The Morgan fingerprint density at radius 3 is 2.44 bits per heavy atom. The normalized spacial score (nSPS) is 13.1. The summed E-state index contributed by atoms with van der Waals surface area (Å²) in [5.41, 5.74) is 7.71. The van der Waals surface area contributed by atoms with E-state index < -0.39 is 0 Å². The Hall–Kier alpha value is -3.15. The predicted molar refractivity (Wildman–Crippen MR) is 105 cm³/mol. The first-order valence-electron chi connectivity index (χ1n) is 9.15. The SMILES string of the molecule is CC[C@@H](C)[C@H](C(=O)NNC(=O)Cc1nc2ccccc2[nH]1)c1ccccc1. The zero-order valence-corrected chi connectivity index (χ0v) is 15.5. The number of H-pyrrole nitrogens is 1. The summed E-state index contributed by atoms with van der Waals surface area (Å²) in [4.78, 5) is 32.4. The smallest absolute Gasteiger partial charge is 0.246 e. The van der Waals surface area contributed by atoms with Crippen molar-refractivity contribution in [3.05, 3.63) is 66.0 Å². The van der Waals surface area contributed by atoms with Gasteiger partial charge in [0.25, 0.3) is 0 Å². The summed E-state index contributed by atoms with van der Waals surface area (Å²) in [6.07, 6.45) is 0.925. The van der Waals surface area contributed by atoms with E-state index in [-0.39, 0.29) is 30.1 Å². The number of imidazole rings is 1. The van der Waals surface area contributed by atoms with Gasteiger partial charge in [-0.05, 0) is 23.6 Å². The molecule has 140 valence electrons.